The van der Waals surface area contributed by atoms with E-state index in [0.29, 0.717) is 13.1 Å². The van der Waals surface area contributed by atoms with E-state index in [1.54, 1.807) is 22.2 Å². The normalized spacial score (nSPS) is 15.6. The Bertz CT molecular complexity index is 1140. The number of carbonyl (C=O) groups is 1. The summed E-state index contributed by atoms with van der Waals surface area (Å²) in [5, 5.41) is 7.56. The Morgan fingerprint density at radius 1 is 0.938 bits per heavy atom. The van der Waals surface area contributed by atoms with Gasteiger partial charge in [-0.1, -0.05) is 60.7 Å². The van der Waals surface area contributed by atoms with E-state index in [4.69, 9.17) is 4.98 Å². The van der Waals surface area contributed by atoms with Crippen LogP contribution in [0.25, 0.3) is 10.6 Å². The third-order valence-corrected chi connectivity index (χ3v) is 6.72. The van der Waals surface area contributed by atoms with Crippen LogP contribution in [-0.4, -0.2) is 56.7 Å². The first-order valence-corrected chi connectivity index (χ1v) is 11.7. The first kappa shape index (κ1) is 20.6. The van der Waals surface area contributed by atoms with Crippen molar-refractivity contribution in [3.63, 3.8) is 0 Å². The summed E-state index contributed by atoms with van der Waals surface area (Å²) in [5.74, 6) is 0.0968. The van der Waals surface area contributed by atoms with Crippen molar-refractivity contribution in [3.05, 3.63) is 95.8 Å². The molecule has 1 unspecified atom stereocenters. The fourth-order valence-electron chi connectivity index (χ4n) is 4.10. The number of hydrogen-bond acceptors (Lipinski definition) is 5. The molecule has 1 atom stereocenters. The second-order valence-corrected chi connectivity index (χ2v) is 8.77. The Morgan fingerprint density at radius 3 is 2.34 bits per heavy atom. The minimum Gasteiger partial charge on any atom is -0.338 e. The number of amides is 1. The quantitative estimate of drug-likeness (QED) is 0.453. The average Bonchev–Trinajstić information content (AvgIpc) is 3.54. The van der Waals surface area contributed by atoms with Crippen LogP contribution in [0.3, 0.4) is 0 Å². The van der Waals surface area contributed by atoms with Crippen LogP contribution in [0.2, 0.25) is 0 Å². The van der Waals surface area contributed by atoms with Gasteiger partial charge in [0.05, 0.1) is 5.69 Å². The van der Waals surface area contributed by atoms with E-state index < -0.39 is 6.04 Å². The number of hydrogen-bond donors (Lipinski definition) is 0. The third kappa shape index (κ3) is 4.49. The molecule has 0 saturated carbocycles. The smallest absolute Gasteiger partial charge is 0.252 e. The van der Waals surface area contributed by atoms with Gasteiger partial charge in [-0.05, 0) is 11.6 Å². The molecule has 1 aliphatic rings. The Kier molecular flexibility index (Phi) is 6.09. The van der Waals surface area contributed by atoms with Gasteiger partial charge in [-0.15, -0.1) is 11.3 Å². The minimum absolute atomic E-state index is 0.0968. The largest absolute Gasteiger partial charge is 0.338 e. The maximum Gasteiger partial charge on any atom is 0.252 e. The third-order valence-electron chi connectivity index (χ3n) is 5.78. The van der Waals surface area contributed by atoms with Crippen molar-refractivity contribution in [2.75, 3.05) is 26.2 Å². The molecule has 1 amide bonds. The molecule has 32 heavy (non-hydrogen) atoms. The van der Waals surface area contributed by atoms with E-state index in [0.717, 1.165) is 41.5 Å². The fraction of sp³-hybridized carbons (Fsp3) is 0.240. The number of piperazine rings is 1. The molecular formula is C25H25N5OS. The van der Waals surface area contributed by atoms with Crippen LogP contribution in [0.1, 0.15) is 17.3 Å². The molecule has 2 aromatic heterocycles. The Labute approximate surface area is 191 Å². The van der Waals surface area contributed by atoms with Crippen molar-refractivity contribution in [1.82, 2.24) is 24.6 Å². The first-order valence-electron chi connectivity index (χ1n) is 10.8. The molecule has 0 N–H and O–H groups in total. The summed E-state index contributed by atoms with van der Waals surface area (Å²) in [4.78, 5) is 22.6. The van der Waals surface area contributed by atoms with E-state index in [1.807, 2.05) is 65.7 Å². The number of rotatable bonds is 6. The van der Waals surface area contributed by atoms with Crippen molar-refractivity contribution in [1.29, 1.82) is 0 Å². The van der Waals surface area contributed by atoms with E-state index in [1.165, 1.54) is 0 Å². The summed E-state index contributed by atoms with van der Waals surface area (Å²) in [7, 11) is 0. The van der Waals surface area contributed by atoms with Crippen LogP contribution in [-0.2, 0) is 11.3 Å². The van der Waals surface area contributed by atoms with Gasteiger partial charge in [0, 0.05) is 56.1 Å². The van der Waals surface area contributed by atoms with Crippen molar-refractivity contribution in [2.24, 2.45) is 0 Å². The number of thiazole rings is 1. The number of aromatic nitrogens is 3. The summed E-state index contributed by atoms with van der Waals surface area (Å²) in [6.45, 7) is 3.90. The number of carbonyl (C=O) groups excluding carboxylic acids is 1. The van der Waals surface area contributed by atoms with Gasteiger partial charge in [-0.2, -0.15) is 5.10 Å². The van der Waals surface area contributed by atoms with Crippen LogP contribution in [0.5, 0.6) is 0 Å². The van der Waals surface area contributed by atoms with Gasteiger partial charge >= 0.3 is 0 Å². The van der Waals surface area contributed by atoms with Gasteiger partial charge in [-0.3, -0.25) is 14.4 Å². The van der Waals surface area contributed by atoms with E-state index >= 15 is 0 Å². The van der Waals surface area contributed by atoms with E-state index in [-0.39, 0.29) is 5.91 Å². The van der Waals surface area contributed by atoms with Gasteiger partial charge in [-0.25, -0.2) is 4.98 Å². The molecule has 4 aromatic rings. The zero-order chi connectivity index (χ0) is 21.8. The molecule has 2 aromatic carbocycles. The van der Waals surface area contributed by atoms with Gasteiger partial charge in [0.15, 0.2) is 6.04 Å². The van der Waals surface area contributed by atoms with Gasteiger partial charge in [0.1, 0.15) is 5.01 Å². The highest BCUT2D eigenvalue weighted by Crippen LogP contribution is 2.25. The predicted molar refractivity (Wildman–Crippen MR) is 126 cm³/mol. The van der Waals surface area contributed by atoms with Gasteiger partial charge in [0.2, 0.25) is 0 Å². The Hall–Kier alpha value is -3.29. The van der Waals surface area contributed by atoms with Crippen LogP contribution >= 0.6 is 11.3 Å². The van der Waals surface area contributed by atoms with Crippen molar-refractivity contribution < 1.29 is 4.79 Å². The second-order valence-electron chi connectivity index (χ2n) is 7.91. The molecule has 5 rings (SSSR count). The fourth-order valence-corrected chi connectivity index (χ4v) is 4.92. The highest BCUT2D eigenvalue weighted by molar-refractivity contribution is 7.13. The average molecular weight is 444 g/mol. The lowest BCUT2D eigenvalue weighted by Crippen LogP contribution is -2.50. The van der Waals surface area contributed by atoms with E-state index in [2.05, 4.69) is 27.5 Å². The standard InChI is InChI=1S/C25H25N5OS/c31-25(23(30-13-7-12-26-30)20-8-3-1-4-9-20)29-16-14-28(15-17-29)18-22-19-32-24(27-22)21-10-5-2-6-11-21/h1-13,19,23H,14-18H2. The Morgan fingerprint density at radius 2 is 1.66 bits per heavy atom. The molecule has 0 spiro atoms. The van der Waals surface area contributed by atoms with Crippen LogP contribution in [0.15, 0.2) is 84.5 Å². The van der Waals surface area contributed by atoms with Crippen LogP contribution in [0.4, 0.5) is 0 Å². The van der Waals surface area contributed by atoms with Gasteiger partial charge < -0.3 is 4.90 Å². The summed E-state index contributed by atoms with van der Waals surface area (Å²) < 4.78 is 1.75. The van der Waals surface area contributed by atoms with Crippen molar-refractivity contribution in [2.45, 2.75) is 12.6 Å². The Balaban J connectivity index is 1.22. The van der Waals surface area contributed by atoms with Crippen LogP contribution < -0.4 is 0 Å². The van der Waals surface area contributed by atoms with Crippen molar-refractivity contribution in [3.8, 4) is 10.6 Å². The predicted octanol–water partition coefficient (Wildman–Crippen LogP) is 3.94. The minimum atomic E-state index is -0.426. The summed E-state index contributed by atoms with van der Waals surface area (Å²) in [5.41, 5.74) is 3.21. The first-order chi connectivity index (χ1) is 15.8. The molecule has 0 radical (unpaired) electrons. The zero-order valence-corrected chi connectivity index (χ0v) is 18.6. The number of benzene rings is 2. The topological polar surface area (TPSA) is 54.3 Å². The highest BCUT2D eigenvalue weighted by atomic mass is 32.1. The monoisotopic (exact) mass is 443 g/mol. The maximum atomic E-state index is 13.5. The van der Waals surface area contributed by atoms with Crippen molar-refractivity contribution >= 4 is 17.2 Å². The molecule has 162 valence electrons. The molecule has 3 heterocycles. The molecule has 7 heteroatoms. The van der Waals surface area contributed by atoms with Gasteiger partial charge in [0.25, 0.3) is 5.91 Å². The zero-order valence-electron chi connectivity index (χ0n) is 17.7. The lowest BCUT2D eigenvalue weighted by atomic mass is 10.1. The van der Waals surface area contributed by atoms with E-state index in [9.17, 15) is 4.79 Å². The SMILES string of the molecule is O=C(C(c1ccccc1)n1cccn1)N1CCN(Cc2csc(-c3ccccc3)n2)CC1. The molecular weight excluding hydrogens is 418 g/mol. The molecule has 0 aliphatic carbocycles. The summed E-state index contributed by atoms with van der Waals surface area (Å²) in [6, 6.07) is 21.6. The molecule has 1 fully saturated rings. The molecule has 0 bridgehead atoms. The van der Waals surface area contributed by atoms with Crippen LogP contribution in [0, 0.1) is 0 Å². The summed E-state index contributed by atoms with van der Waals surface area (Å²) in [6.07, 6.45) is 3.58. The molecule has 6 nitrogen and oxygen atoms in total. The molecule has 1 saturated heterocycles. The second kappa shape index (κ2) is 9.46. The summed E-state index contributed by atoms with van der Waals surface area (Å²) >= 11 is 1.68. The molecule has 1 aliphatic heterocycles. The maximum absolute atomic E-state index is 13.5. The number of nitrogens with zero attached hydrogens (tertiary/aromatic N) is 5. The lowest BCUT2D eigenvalue weighted by Gasteiger charge is -2.36. The lowest BCUT2D eigenvalue weighted by molar-refractivity contribution is -0.135. The highest BCUT2D eigenvalue weighted by Gasteiger charge is 2.30.